The highest BCUT2D eigenvalue weighted by molar-refractivity contribution is 7.86. The molecule has 0 fully saturated rings. The average Bonchev–Trinajstić information content (AvgIpc) is 2.27. The minimum Gasteiger partial charge on any atom is -0.508 e. The highest BCUT2D eigenvalue weighted by Gasteiger charge is 2.13. The van der Waals surface area contributed by atoms with Crippen molar-refractivity contribution in [1.29, 1.82) is 0 Å². The molecule has 18 heavy (non-hydrogen) atoms. The molecule has 0 saturated carbocycles. The molecule has 0 amide bonds. The van der Waals surface area contributed by atoms with Crippen LogP contribution in [0.4, 0.5) is 0 Å². The highest BCUT2D eigenvalue weighted by Crippen LogP contribution is 2.26. The number of benzene rings is 2. The normalized spacial score (nSPS) is 10.8. The molecule has 0 bridgehead atoms. The second kappa shape index (κ2) is 5.81. The lowest BCUT2D eigenvalue weighted by Gasteiger charge is -2.03. The third-order valence-electron chi connectivity index (χ3n) is 2.10. The van der Waals surface area contributed by atoms with Gasteiger partial charge < -0.3 is 10.4 Å². The number of hydrogen-bond acceptors (Lipinski definition) is 4. The van der Waals surface area contributed by atoms with E-state index in [0.717, 1.165) is 0 Å². The summed E-state index contributed by atoms with van der Waals surface area (Å²) in [5.74, 6) is -0.0430. The summed E-state index contributed by atoms with van der Waals surface area (Å²) in [7, 11) is -0.507. The molecule has 0 aliphatic rings. The highest BCUT2D eigenvalue weighted by atomic mass is 32.2. The smallest absolute Gasteiger partial charge is 0.295 e. The van der Waals surface area contributed by atoms with Crippen molar-refractivity contribution in [3.05, 3.63) is 36.4 Å². The molecule has 0 atom stereocenters. The summed E-state index contributed by atoms with van der Waals surface area (Å²) in [5, 5.41) is 12.9. The minimum absolute atomic E-state index is 0.0430. The summed E-state index contributed by atoms with van der Waals surface area (Å²) in [6, 6.07) is 8.86. The first-order valence-electron chi connectivity index (χ1n) is 5.18. The Morgan fingerprint density at radius 1 is 1.11 bits per heavy atom. The summed E-state index contributed by atoms with van der Waals surface area (Å²) in [5.41, 5.74) is 0. The molecular formula is C12H15NO4S. The number of rotatable bonds is 1. The van der Waals surface area contributed by atoms with Gasteiger partial charge >= 0.3 is 0 Å². The third kappa shape index (κ3) is 3.43. The van der Waals surface area contributed by atoms with Gasteiger partial charge in [0.25, 0.3) is 10.1 Å². The van der Waals surface area contributed by atoms with Crippen LogP contribution < -0.4 is 5.32 Å². The fraction of sp³-hybridized carbons (Fsp3) is 0.167. The van der Waals surface area contributed by atoms with E-state index in [4.69, 9.17) is 4.55 Å². The molecule has 0 unspecified atom stereocenters. The minimum atomic E-state index is -4.26. The molecule has 2 aromatic carbocycles. The fourth-order valence-corrected chi connectivity index (χ4v) is 2.16. The molecule has 2 aromatic rings. The first-order chi connectivity index (χ1) is 8.40. The van der Waals surface area contributed by atoms with Gasteiger partial charge in [0.05, 0.1) is 0 Å². The van der Waals surface area contributed by atoms with Gasteiger partial charge in [0.2, 0.25) is 0 Å². The quantitative estimate of drug-likeness (QED) is 0.685. The first kappa shape index (κ1) is 14.4. The number of nitrogens with one attached hydrogen (secondary N) is 1. The van der Waals surface area contributed by atoms with Gasteiger partial charge in [-0.3, -0.25) is 4.55 Å². The van der Waals surface area contributed by atoms with Crippen LogP contribution in [0.25, 0.3) is 10.8 Å². The molecule has 0 aliphatic heterocycles. The van der Waals surface area contributed by atoms with E-state index in [1.807, 2.05) is 14.1 Å². The largest absolute Gasteiger partial charge is 0.508 e. The molecule has 0 aromatic heterocycles. The van der Waals surface area contributed by atoms with E-state index in [0.29, 0.717) is 10.8 Å². The Morgan fingerprint density at radius 2 is 1.72 bits per heavy atom. The van der Waals surface area contributed by atoms with Crippen LogP contribution >= 0.6 is 0 Å². The van der Waals surface area contributed by atoms with Gasteiger partial charge in [-0.15, -0.1) is 0 Å². The standard InChI is InChI=1S/C10H8O4S.C2H7N/c11-8-5-4-7-2-1-3-10(9(7)6-8)15(12,13)14;1-3-2/h1-6,11H,(H,12,13,14);3H,1-2H3. The molecule has 2 rings (SSSR count). The number of fused-ring (bicyclic) bond motifs is 1. The monoisotopic (exact) mass is 269 g/mol. The topological polar surface area (TPSA) is 86.6 Å². The second-order valence-electron chi connectivity index (χ2n) is 3.64. The van der Waals surface area contributed by atoms with Crippen LogP contribution in [0.2, 0.25) is 0 Å². The Bertz CT molecular complexity index is 638. The molecule has 0 aliphatic carbocycles. The van der Waals surface area contributed by atoms with Crippen molar-refractivity contribution in [3.8, 4) is 5.75 Å². The predicted octanol–water partition coefficient (Wildman–Crippen LogP) is 1.63. The molecule has 0 radical (unpaired) electrons. The third-order valence-corrected chi connectivity index (χ3v) is 3.02. The molecule has 0 saturated heterocycles. The fourth-order valence-electron chi connectivity index (χ4n) is 1.46. The zero-order chi connectivity index (χ0) is 13.8. The summed E-state index contributed by atoms with van der Waals surface area (Å²) >= 11 is 0. The lowest BCUT2D eigenvalue weighted by Crippen LogP contribution is -1.98. The van der Waals surface area contributed by atoms with Crippen LogP contribution in [0.15, 0.2) is 41.3 Å². The van der Waals surface area contributed by atoms with E-state index in [1.54, 1.807) is 12.1 Å². The number of phenols is 1. The van der Waals surface area contributed by atoms with E-state index in [9.17, 15) is 13.5 Å². The molecular weight excluding hydrogens is 254 g/mol. The lowest BCUT2D eigenvalue weighted by molar-refractivity contribution is 0.476. The van der Waals surface area contributed by atoms with E-state index >= 15 is 0 Å². The van der Waals surface area contributed by atoms with Gasteiger partial charge in [0, 0.05) is 5.39 Å². The van der Waals surface area contributed by atoms with Gasteiger partial charge in [0.15, 0.2) is 0 Å². The van der Waals surface area contributed by atoms with Gasteiger partial charge in [-0.2, -0.15) is 8.42 Å². The molecule has 3 N–H and O–H groups in total. The van der Waals surface area contributed by atoms with Crippen molar-refractivity contribution < 1.29 is 18.1 Å². The van der Waals surface area contributed by atoms with Crippen LogP contribution in [0, 0.1) is 0 Å². The van der Waals surface area contributed by atoms with Crippen LogP contribution in [0.1, 0.15) is 0 Å². The van der Waals surface area contributed by atoms with Crippen molar-refractivity contribution in [1.82, 2.24) is 5.32 Å². The number of aromatic hydroxyl groups is 1. The Labute approximate surface area is 106 Å². The Balaban J connectivity index is 0.000000492. The maximum Gasteiger partial charge on any atom is 0.295 e. The SMILES string of the molecule is CNC.O=S(=O)(O)c1cccc2ccc(O)cc12. The average molecular weight is 269 g/mol. The summed E-state index contributed by atoms with van der Waals surface area (Å²) in [4.78, 5) is -0.198. The van der Waals surface area contributed by atoms with Crippen LogP contribution in [-0.4, -0.2) is 32.2 Å². The zero-order valence-electron chi connectivity index (χ0n) is 10.1. The molecule has 0 spiro atoms. The first-order valence-corrected chi connectivity index (χ1v) is 6.62. The molecule has 98 valence electrons. The Morgan fingerprint density at radius 3 is 2.28 bits per heavy atom. The van der Waals surface area contributed by atoms with Gasteiger partial charge in [-0.05, 0) is 37.7 Å². The van der Waals surface area contributed by atoms with Crippen molar-refractivity contribution >= 4 is 20.9 Å². The van der Waals surface area contributed by atoms with Crippen LogP contribution in [0.5, 0.6) is 5.75 Å². The van der Waals surface area contributed by atoms with E-state index < -0.39 is 10.1 Å². The van der Waals surface area contributed by atoms with Crippen LogP contribution in [0.3, 0.4) is 0 Å². The van der Waals surface area contributed by atoms with Gasteiger partial charge in [-0.1, -0.05) is 18.2 Å². The maximum absolute atomic E-state index is 11.0. The van der Waals surface area contributed by atoms with Crippen molar-refractivity contribution in [2.45, 2.75) is 4.90 Å². The predicted molar refractivity (Wildman–Crippen MR) is 70.4 cm³/mol. The molecule has 0 heterocycles. The van der Waals surface area contributed by atoms with E-state index in [2.05, 4.69) is 5.32 Å². The van der Waals surface area contributed by atoms with E-state index in [-0.39, 0.29) is 10.6 Å². The number of hydrogen-bond donors (Lipinski definition) is 3. The van der Waals surface area contributed by atoms with Crippen LogP contribution in [-0.2, 0) is 10.1 Å². The maximum atomic E-state index is 11.0. The summed E-state index contributed by atoms with van der Waals surface area (Å²) in [6.07, 6.45) is 0. The van der Waals surface area contributed by atoms with Crippen molar-refractivity contribution in [3.63, 3.8) is 0 Å². The summed E-state index contributed by atoms with van der Waals surface area (Å²) < 4.78 is 31.0. The number of phenolic OH excluding ortho intramolecular Hbond substituents is 1. The zero-order valence-corrected chi connectivity index (χ0v) is 10.9. The molecule has 5 nitrogen and oxygen atoms in total. The second-order valence-corrected chi connectivity index (χ2v) is 5.03. The van der Waals surface area contributed by atoms with E-state index in [1.165, 1.54) is 24.3 Å². The summed E-state index contributed by atoms with van der Waals surface area (Å²) in [6.45, 7) is 0. The van der Waals surface area contributed by atoms with Gasteiger partial charge in [-0.25, -0.2) is 0 Å². The Hall–Kier alpha value is -1.63. The van der Waals surface area contributed by atoms with Crippen molar-refractivity contribution in [2.75, 3.05) is 14.1 Å². The Kier molecular flexibility index (Phi) is 4.66. The van der Waals surface area contributed by atoms with Crippen molar-refractivity contribution in [2.24, 2.45) is 0 Å². The lowest BCUT2D eigenvalue weighted by atomic mass is 10.1. The molecule has 6 heteroatoms. The van der Waals surface area contributed by atoms with Gasteiger partial charge in [0.1, 0.15) is 10.6 Å².